The molecule has 1 aromatic carbocycles. The highest BCUT2D eigenvalue weighted by Crippen LogP contribution is 2.37. The smallest absolute Gasteiger partial charge is 0.223 e. The summed E-state index contributed by atoms with van der Waals surface area (Å²) < 4.78 is 5.93. The van der Waals surface area contributed by atoms with Gasteiger partial charge in [-0.05, 0) is 18.4 Å². The Balaban J connectivity index is 1.74. The first-order chi connectivity index (χ1) is 11.5. The monoisotopic (exact) mass is 330 g/mol. The molecular formula is C20H30N2O2. The average Bonchev–Trinajstić information content (AvgIpc) is 2.72. The van der Waals surface area contributed by atoms with Crippen LogP contribution < -0.4 is 0 Å². The van der Waals surface area contributed by atoms with Crippen LogP contribution in [0.5, 0.6) is 0 Å². The van der Waals surface area contributed by atoms with E-state index in [2.05, 4.69) is 56.0 Å². The predicted molar refractivity (Wildman–Crippen MR) is 95.7 cm³/mol. The van der Waals surface area contributed by atoms with Crippen LogP contribution in [0.2, 0.25) is 0 Å². The highest BCUT2D eigenvalue weighted by molar-refractivity contribution is 5.79. The van der Waals surface area contributed by atoms with Crippen LogP contribution in [0.4, 0.5) is 0 Å². The lowest BCUT2D eigenvalue weighted by molar-refractivity contribution is -0.128. The zero-order valence-electron chi connectivity index (χ0n) is 15.2. The standard InChI is InChI=1S/C20H30N2O2/c1-16(2)12-22-14-20(11-19(22)23)13-21(9-10-24-15-20)17(3)18-7-5-4-6-8-18/h4-8,16-17H,9-15H2,1-3H3/t17-,20-/m0/s1. The number of carbonyl (C=O) groups excluding carboxylic acids is 1. The fourth-order valence-corrected chi connectivity index (χ4v) is 4.09. The van der Waals surface area contributed by atoms with Crippen LogP contribution in [-0.2, 0) is 9.53 Å². The first-order valence-electron chi connectivity index (χ1n) is 9.14. The second-order valence-corrected chi connectivity index (χ2v) is 7.95. The summed E-state index contributed by atoms with van der Waals surface area (Å²) in [7, 11) is 0. The average molecular weight is 330 g/mol. The maximum absolute atomic E-state index is 12.5. The van der Waals surface area contributed by atoms with Gasteiger partial charge in [0.2, 0.25) is 5.91 Å². The number of ether oxygens (including phenoxy) is 1. The van der Waals surface area contributed by atoms with Crippen molar-refractivity contribution in [2.24, 2.45) is 11.3 Å². The zero-order valence-corrected chi connectivity index (χ0v) is 15.2. The van der Waals surface area contributed by atoms with Gasteiger partial charge in [0.15, 0.2) is 0 Å². The fraction of sp³-hybridized carbons (Fsp3) is 0.650. The van der Waals surface area contributed by atoms with Crippen LogP contribution in [-0.4, -0.2) is 55.1 Å². The van der Waals surface area contributed by atoms with Crippen LogP contribution in [0.25, 0.3) is 0 Å². The van der Waals surface area contributed by atoms with E-state index in [0.29, 0.717) is 30.9 Å². The van der Waals surface area contributed by atoms with E-state index in [1.807, 2.05) is 4.90 Å². The summed E-state index contributed by atoms with van der Waals surface area (Å²) in [6.07, 6.45) is 0.623. The second kappa shape index (κ2) is 7.24. The summed E-state index contributed by atoms with van der Waals surface area (Å²) in [6, 6.07) is 11.0. The summed E-state index contributed by atoms with van der Waals surface area (Å²) >= 11 is 0. The van der Waals surface area contributed by atoms with Gasteiger partial charge in [0.1, 0.15) is 0 Å². The van der Waals surface area contributed by atoms with Crippen LogP contribution in [0.3, 0.4) is 0 Å². The van der Waals surface area contributed by atoms with Crippen molar-refractivity contribution in [2.45, 2.75) is 33.2 Å². The largest absolute Gasteiger partial charge is 0.379 e. The van der Waals surface area contributed by atoms with Crippen molar-refractivity contribution in [1.82, 2.24) is 9.80 Å². The van der Waals surface area contributed by atoms with Crippen molar-refractivity contribution in [1.29, 1.82) is 0 Å². The Morgan fingerprint density at radius 1 is 1.17 bits per heavy atom. The number of benzene rings is 1. The molecule has 0 aliphatic carbocycles. The molecule has 24 heavy (non-hydrogen) atoms. The molecule has 0 N–H and O–H groups in total. The molecule has 1 aromatic rings. The topological polar surface area (TPSA) is 32.8 Å². The molecule has 2 atom stereocenters. The Labute approximate surface area is 145 Å². The Hall–Kier alpha value is -1.39. The molecule has 2 fully saturated rings. The van der Waals surface area contributed by atoms with E-state index >= 15 is 0 Å². The number of hydrogen-bond donors (Lipinski definition) is 0. The highest BCUT2D eigenvalue weighted by atomic mass is 16.5. The van der Waals surface area contributed by atoms with E-state index in [1.165, 1.54) is 5.56 Å². The Morgan fingerprint density at radius 2 is 1.92 bits per heavy atom. The minimum absolute atomic E-state index is 0.0501. The van der Waals surface area contributed by atoms with Gasteiger partial charge in [-0.25, -0.2) is 0 Å². The third kappa shape index (κ3) is 3.81. The first kappa shape index (κ1) is 17.4. The van der Waals surface area contributed by atoms with Gasteiger partial charge in [-0.3, -0.25) is 9.69 Å². The van der Waals surface area contributed by atoms with Gasteiger partial charge in [0.25, 0.3) is 0 Å². The maximum Gasteiger partial charge on any atom is 0.223 e. The van der Waals surface area contributed by atoms with Crippen LogP contribution in [0.15, 0.2) is 30.3 Å². The first-order valence-corrected chi connectivity index (χ1v) is 9.14. The van der Waals surface area contributed by atoms with Gasteiger partial charge in [0.05, 0.1) is 13.2 Å². The molecule has 2 saturated heterocycles. The summed E-state index contributed by atoms with van der Waals surface area (Å²) in [6.45, 7) is 11.6. The molecular weight excluding hydrogens is 300 g/mol. The molecule has 1 amide bonds. The predicted octanol–water partition coefficient (Wildman–Crippen LogP) is 2.95. The van der Waals surface area contributed by atoms with E-state index in [9.17, 15) is 4.79 Å². The summed E-state index contributed by atoms with van der Waals surface area (Å²) in [5.74, 6) is 0.802. The maximum atomic E-state index is 12.5. The molecule has 1 spiro atoms. The molecule has 132 valence electrons. The Kier molecular flexibility index (Phi) is 5.26. The van der Waals surface area contributed by atoms with Gasteiger partial charge in [0, 0.05) is 44.1 Å². The number of amides is 1. The number of likely N-dealkylation sites (tertiary alicyclic amines) is 1. The quantitative estimate of drug-likeness (QED) is 0.851. The van der Waals surface area contributed by atoms with Crippen molar-refractivity contribution in [2.75, 3.05) is 39.4 Å². The van der Waals surface area contributed by atoms with Crippen molar-refractivity contribution >= 4 is 5.91 Å². The minimum Gasteiger partial charge on any atom is -0.379 e. The SMILES string of the molecule is CC(C)CN1C[C@]2(COCCN([C@@H](C)c3ccccc3)C2)CC1=O. The number of hydrogen-bond acceptors (Lipinski definition) is 3. The molecule has 0 bridgehead atoms. The number of nitrogens with zero attached hydrogens (tertiary/aromatic N) is 2. The third-order valence-electron chi connectivity index (χ3n) is 5.29. The van der Waals surface area contributed by atoms with E-state index in [0.717, 1.165) is 32.8 Å². The zero-order chi connectivity index (χ0) is 17.2. The van der Waals surface area contributed by atoms with Crippen LogP contribution >= 0.6 is 0 Å². The van der Waals surface area contributed by atoms with Crippen LogP contribution in [0.1, 0.15) is 38.8 Å². The van der Waals surface area contributed by atoms with Crippen LogP contribution in [0, 0.1) is 11.3 Å². The molecule has 2 aliphatic rings. The molecule has 4 heteroatoms. The Bertz CT molecular complexity index is 560. The summed E-state index contributed by atoms with van der Waals surface area (Å²) in [5.41, 5.74) is 1.28. The third-order valence-corrected chi connectivity index (χ3v) is 5.29. The Morgan fingerprint density at radius 3 is 2.62 bits per heavy atom. The number of rotatable bonds is 4. The molecule has 2 aliphatic heterocycles. The van der Waals surface area contributed by atoms with E-state index in [-0.39, 0.29) is 5.41 Å². The summed E-state index contributed by atoms with van der Waals surface area (Å²) in [5, 5.41) is 0. The highest BCUT2D eigenvalue weighted by Gasteiger charge is 2.46. The van der Waals surface area contributed by atoms with E-state index < -0.39 is 0 Å². The second-order valence-electron chi connectivity index (χ2n) is 7.95. The van der Waals surface area contributed by atoms with Gasteiger partial charge >= 0.3 is 0 Å². The molecule has 0 unspecified atom stereocenters. The van der Waals surface area contributed by atoms with Crippen molar-refractivity contribution < 1.29 is 9.53 Å². The van der Waals surface area contributed by atoms with Gasteiger partial charge in [-0.1, -0.05) is 44.2 Å². The minimum atomic E-state index is -0.0501. The van der Waals surface area contributed by atoms with Crippen molar-refractivity contribution in [3.63, 3.8) is 0 Å². The molecule has 4 nitrogen and oxygen atoms in total. The molecule has 0 aromatic heterocycles. The van der Waals surface area contributed by atoms with E-state index in [1.54, 1.807) is 0 Å². The lowest BCUT2D eigenvalue weighted by atomic mass is 9.86. The lowest BCUT2D eigenvalue weighted by Gasteiger charge is -2.35. The van der Waals surface area contributed by atoms with Gasteiger partial charge < -0.3 is 9.64 Å². The normalized spacial score (nSPS) is 27.0. The summed E-state index contributed by atoms with van der Waals surface area (Å²) in [4.78, 5) is 17.0. The van der Waals surface area contributed by atoms with E-state index in [4.69, 9.17) is 4.74 Å². The number of carbonyl (C=O) groups is 1. The fourth-order valence-electron chi connectivity index (χ4n) is 4.09. The molecule has 0 radical (unpaired) electrons. The van der Waals surface area contributed by atoms with Crippen molar-refractivity contribution in [3.05, 3.63) is 35.9 Å². The molecule has 0 saturated carbocycles. The van der Waals surface area contributed by atoms with Gasteiger partial charge in [-0.15, -0.1) is 0 Å². The lowest BCUT2D eigenvalue weighted by Crippen LogP contribution is -2.42. The molecule has 2 heterocycles. The van der Waals surface area contributed by atoms with Crippen molar-refractivity contribution in [3.8, 4) is 0 Å². The van der Waals surface area contributed by atoms with Gasteiger partial charge in [-0.2, -0.15) is 0 Å². The molecule has 3 rings (SSSR count).